The summed E-state index contributed by atoms with van der Waals surface area (Å²) in [6.45, 7) is 0. The van der Waals surface area contributed by atoms with E-state index in [1.54, 1.807) is 12.1 Å². The summed E-state index contributed by atoms with van der Waals surface area (Å²) in [7, 11) is 0. The summed E-state index contributed by atoms with van der Waals surface area (Å²) in [6, 6.07) is 3.28. The fraction of sp³-hybridized carbons (Fsp3) is 0.500. The molecule has 1 aromatic heterocycles. The van der Waals surface area contributed by atoms with Gasteiger partial charge in [-0.15, -0.1) is 0 Å². The number of rotatable bonds is 1. The monoisotopic (exact) mass is 259 g/mol. The van der Waals surface area contributed by atoms with Crippen LogP contribution in [0.3, 0.4) is 0 Å². The minimum Gasteiger partial charge on any atom is -0.397 e. The maximum Gasteiger partial charge on any atom is 0.235 e. The molecule has 5 heteroatoms. The van der Waals surface area contributed by atoms with Gasteiger partial charge in [0.2, 0.25) is 11.8 Å². The largest absolute Gasteiger partial charge is 0.397 e. The van der Waals surface area contributed by atoms with E-state index < -0.39 is 0 Å². The molecule has 0 aromatic carbocycles. The Morgan fingerprint density at radius 3 is 2.26 bits per heavy atom. The van der Waals surface area contributed by atoms with E-state index in [2.05, 4.69) is 4.98 Å². The Balaban J connectivity index is 1.86. The first-order valence-corrected chi connectivity index (χ1v) is 6.67. The Morgan fingerprint density at radius 2 is 1.74 bits per heavy atom. The number of carbonyl (C=O) groups is 2. The lowest BCUT2D eigenvalue weighted by molar-refractivity contribution is -0.133. The molecule has 1 aliphatic carbocycles. The minimum absolute atomic E-state index is 0.0710. The smallest absolute Gasteiger partial charge is 0.235 e. The van der Waals surface area contributed by atoms with Crippen molar-refractivity contribution < 1.29 is 9.59 Å². The highest BCUT2D eigenvalue weighted by Crippen LogP contribution is 2.47. The Bertz CT molecular complexity index is 498. The summed E-state index contributed by atoms with van der Waals surface area (Å²) < 4.78 is 0. The first-order chi connectivity index (χ1) is 9.10. The van der Waals surface area contributed by atoms with E-state index in [0.717, 1.165) is 25.7 Å². The van der Waals surface area contributed by atoms with Gasteiger partial charge in [-0.25, -0.2) is 9.88 Å². The van der Waals surface area contributed by atoms with E-state index in [0.29, 0.717) is 24.3 Å². The van der Waals surface area contributed by atoms with Crippen molar-refractivity contribution in [1.29, 1.82) is 0 Å². The maximum absolute atomic E-state index is 12.3. The molecule has 0 unspecified atom stereocenters. The predicted molar refractivity (Wildman–Crippen MR) is 71.3 cm³/mol. The number of nitrogen functional groups attached to an aromatic ring is 1. The van der Waals surface area contributed by atoms with Crippen LogP contribution in [0.1, 0.15) is 38.5 Å². The highest BCUT2D eigenvalue weighted by Gasteiger charge is 2.45. The van der Waals surface area contributed by atoms with Gasteiger partial charge in [0.05, 0.1) is 11.9 Å². The number of nitrogens with zero attached hydrogens (tertiary/aromatic N) is 2. The van der Waals surface area contributed by atoms with Crippen LogP contribution in [0.4, 0.5) is 11.5 Å². The number of nitrogens with two attached hydrogens (primary N) is 1. The molecule has 2 amide bonds. The summed E-state index contributed by atoms with van der Waals surface area (Å²) in [4.78, 5) is 29.9. The van der Waals surface area contributed by atoms with Gasteiger partial charge in [0.25, 0.3) is 0 Å². The quantitative estimate of drug-likeness (QED) is 0.781. The van der Waals surface area contributed by atoms with Crippen molar-refractivity contribution in [2.75, 3.05) is 10.6 Å². The molecular weight excluding hydrogens is 242 g/mol. The van der Waals surface area contributed by atoms with E-state index in [4.69, 9.17) is 5.73 Å². The van der Waals surface area contributed by atoms with Crippen LogP contribution >= 0.6 is 0 Å². The Labute approximate surface area is 111 Å². The fourth-order valence-corrected chi connectivity index (χ4v) is 3.27. The van der Waals surface area contributed by atoms with Crippen molar-refractivity contribution >= 4 is 23.3 Å². The van der Waals surface area contributed by atoms with Crippen molar-refractivity contribution in [3.05, 3.63) is 18.3 Å². The fourth-order valence-electron chi connectivity index (χ4n) is 3.27. The summed E-state index contributed by atoms with van der Waals surface area (Å²) in [5, 5.41) is 0. The zero-order chi connectivity index (χ0) is 13.5. The molecule has 1 aliphatic heterocycles. The molecule has 1 spiro atoms. The van der Waals surface area contributed by atoms with Crippen molar-refractivity contribution in [3.8, 4) is 0 Å². The van der Waals surface area contributed by atoms with Crippen LogP contribution in [0.25, 0.3) is 0 Å². The van der Waals surface area contributed by atoms with Crippen molar-refractivity contribution in [2.24, 2.45) is 5.41 Å². The van der Waals surface area contributed by atoms with Crippen LogP contribution in [0.2, 0.25) is 0 Å². The van der Waals surface area contributed by atoms with E-state index in [9.17, 15) is 9.59 Å². The third kappa shape index (κ3) is 2.09. The number of pyridine rings is 1. The molecule has 5 nitrogen and oxygen atoms in total. The van der Waals surface area contributed by atoms with Crippen molar-refractivity contribution in [2.45, 2.75) is 38.5 Å². The van der Waals surface area contributed by atoms with Crippen LogP contribution in [0, 0.1) is 5.41 Å². The first kappa shape index (κ1) is 12.1. The molecule has 2 aliphatic rings. The summed E-state index contributed by atoms with van der Waals surface area (Å²) in [5.41, 5.74) is 6.02. The number of amides is 2. The topological polar surface area (TPSA) is 76.3 Å². The highest BCUT2D eigenvalue weighted by molar-refractivity contribution is 6.16. The Kier molecular flexibility index (Phi) is 2.77. The number of hydrogen-bond donors (Lipinski definition) is 1. The van der Waals surface area contributed by atoms with Gasteiger partial charge in [0, 0.05) is 12.8 Å². The summed E-state index contributed by atoms with van der Waals surface area (Å²) >= 11 is 0. The summed E-state index contributed by atoms with van der Waals surface area (Å²) in [5.74, 6) is 0.128. The summed E-state index contributed by atoms with van der Waals surface area (Å²) in [6.07, 6.45) is 6.63. The van der Waals surface area contributed by atoms with Gasteiger partial charge < -0.3 is 5.73 Å². The second-order valence-electron chi connectivity index (χ2n) is 5.63. The molecule has 0 radical (unpaired) electrons. The normalized spacial score (nSPS) is 22.2. The van der Waals surface area contributed by atoms with Crippen LogP contribution in [-0.4, -0.2) is 16.8 Å². The number of aromatic nitrogens is 1. The number of hydrogen-bond acceptors (Lipinski definition) is 4. The van der Waals surface area contributed by atoms with Crippen LogP contribution in [0.5, 0.6) is 0 Å². The van der Waals surface area contributed by atoms with Gasteiger partial charge in [-0.1, -0.05) is 12.8 Å². The average molecular weight is 259 g/mol. The number of piperidine rings is 1. The highest BCUT2D eigenvalue weighted by atomic mass is 16.2. The zero-order valence-corrected chi connectivity index (χ0v) is 10.8. The molecule has 1 saturated heterocycles. The predicted octanol–water partition coefficient (Wildman–Crippen LogP) is 1.88. The van der Waals surface area contributed by atoms with Gasteiger partial charge >= 0.3 is 0 Å². The number of carbonyl (C=O) groups excluding carboxylic acids is 2. The molecule has 1 saturated carbocycles. The average Bonchev–Trinajstić information content (AvgIpc) is 2.78. The lowest BCUT2D eigenvalue weighted by Gasteiger charge is -2.36. The molecule has 2 N–H and O–H groups in total. The Morgan fingerprint density at radius 1 is 1.11 bits per heavy atom. The third-order valence-electron chi connectivity index (χ3n) is 4.22. The van der Waals surface area contributed by atoms with E-state index >= 15 is 0 Å². The van der Waals surface area contributed by atoms with E-state index in [1.807, 2.05) is 0 Å². The van der Waals surface area contributed by atoms with Crippen LogP contribution in [0.15, 0.2) is 18.3 Å². The molecule has 100 valence electrons. The molecule has 2 fully saturated rings. The molecular formula is C14H17N3O2. The second kappa shape index (κ2) is 4.33. The van der Waals surface area contributed by atoms with Gasteiger partial charge in [0.1, 0.15) is 5.82 Å². The number of imide groups is 1. The first-order valence-electron chi connectivity index (χ1n) is 6.67. The number of anilines is 2. The maximum atomic E-state index is 12.3. The molecule has 1 aromatic rings. The second-order valence-corrected chi connectivity index (χ2v) is 5.63. The minimum atomic E-state index is -0.129. The standard InChI is InChI=1S/C14H17N3O2/c15-10-3-4-11(16-9-10)17-12(18)7-14(8-13(17)19)5-1-2-6-14/h3-4,9H,1-2,5-8,15H2. The van der Waals surface area contributed by atoms with Gasteiger partial charge in [0.15, 0.2) is 0 Å². The SMILES string of the molecule is Nc1ccc(N2C(=O)CC3(CCCC3)CC2=O)nc1. The zero-order valence-electron chi connectivity index (χ0n) is 10.8. The lowest BCUT2D eigenvalue weighted by Crippen LogP contribution is -2.47. The molecule has 0 atom stereocenters. The van der Waals surface area contributed by atoms with Crippen molar-refractivity contribution in [3.63, 3.8) is 0 Å². The van der Waals surface area contributed by atoms with Crippen LogP contribution in [-0.2, 0) is 9.59 Å². The molecule has 3 rings (SSSR count). The Hall–Kier alpha value is -1.91. The molecule has 0 bridgehead atoms. The van der Waals surface area contributed by atoms with Gasteiger partial charge in [-0.3, -0.25) is 9.59 Å². The van der Waals surface area contributed by atoms with Gasteiger partial charge in [-0.05, 0) is 30.4 Å². The van der Waals surface area contributed by atoms with Gasteiger partial charge in [-0.2, -0.15) is 0 Å². The van der Waals surface area contributed by atoms with E-state index in [1.165, 1.54) is 11.1 Å². The lowest BCUT2D eigenvalue weighted by atomic mass is 9.76. The van der Waals surface area contributed by atoms with Crippen molar-refractivity contribution in [1.82, 2.24) is 4.98 Å². The van der Waals surface area contributed by atoms with E-state index in [-0.39, 0.29) is 17.2 Å². The molecule has 2 heterocycles. The molecule has 19 heavy (non-hydrogen) atoms. The third-order valence-corrected chi connectivity index (χ3v) is 4.22. The van der Waals surface area contributed by atoms with Crippen LogP contribution < -0.4 is 10.6 Å².